The molecule has 6 heteroatoms. The Kier molecular flexibility index (Phi) is 4.52. The second-order valence-electron chi connectivity index (χ2n) is 5.81. The first-order chi connectivity index (χ1) is 13.2. The number of aromatic nitrogens is 1. The van der Waals surface area contributed by atoms with Crippen LogP contribution in [0.1, 0.15) is 5.69 Å². The van der Waals surface area contributed by atoms with Crippen molar-refractivity contribution in [3.05, 3.63) is 71.4 Å². The van der Waals surface area contributed by atoms with Crippen molar-refractivity contribution in [2.24, 2.45) is 4.99 Å². The Hall–Kier alpha value is -3.31. The van der Waals surface area contributed by atoms with Crippen LogP contribution in [0, 0.1) is 0 Å². The van der Waals surface area contributed by atoms with Crippen LogP contribution in [-0.4, -0.2) is 23.4 Å². The SMILES string of the molecule is COc1ccc(N=Cc2nc(-c3cccc4ccccc34)oc2O)cc1Cl. The first kappa shape index (κ1) is 17.1. The van der Waals surface area contributed by atoms with Crippen molar-refractivity contribution in [3.63, 3.8) is 0 Å². The summed E-state index contributed by atoms with van der Waals surface area (Å²) in [4.78, 5) is 8.67. The van der Waals surface area contributed by atoms with Gasteiger partial charge in [-0.05, 0) is 35.0 Å². The first-order valence-corrected chi connectivity index (χ1v) is 8.59. The van der Waals surface area contributed by atoms with Crippen LogP contribution in [0.5, 0.6) is 11.7 Å². The van der Waals surface area contributed by atoms with Gasteiger partial charge in [0.05, 0.1) is 24.0 Å². The van der Waals surface area contributed by atoms with E-state index in [0.29, 0.717) is 22.4 Å². The molecule has 0 radical (unpaired) electrons. The molecule has 5 nitrogen and oxygen atoms in total. The fraction of sp³-hybridized carbons (Fsp3) is 0.0476. The zero-order chi connectivity index (χ0) is 18.8. The highest BCUT2D eigenvalue weighted by Crippen LogP contribution is 2.32. The highest BCUT2D eigenvalue weighted by atomic mass is 35.5. The molecule has 0 saturated carbocycles. The third-order valence-corrected chi connectivity index (χ3v) is 4.42. The van der Waals surface area contributed by atoms with Crippen molar-refractivity contribution >= 4 is 34.3 Å². The third-order valence-electron chi connectivity index (χ3n) is 4.13. The molecule has 0 fully saturated rings. The van der Waals surface area contributed by atoms with E-state index in [9.17, 15) is 5.11 Å². The molecule has 0 aliphatic carbocycles. The molecule has 1 aromatic heterocycles. The number of halogens is 1. The van der Waals surface area contributed by atoms with E-state index < -0.39 is 0 Å². The van der Waals surface area contributed by atoms with E-state index in [-0.39, 0.29) is 11.6 Å². The molecule has 0 unspecified atom stereocenters. The van der Waals surface area contributed by atoms with Crippen molar-refractivity contribution in [2.45, 2.75) is 0 Å². The number of hydrogen-bond donors (Lipinski definition) is 1. The van der Waals surface area contributed by atoms with Gasteiger partial charge >= 0.3 is 5.95 Å². The summed E-state index contributed by atoms with van der Waals surface area (Å²) in [6.45, 7) is 0. The van der Waals surface area contributed by atoms with Crippen molar-refractivity contribution in [1.29, 1.82) is 0 Å². The summed E-state index contributed by atoms with van der Waals surface area (Å²) in [7, 11) is 1.55. The van der Waals surface area contributed by atoms with Crippen LogP contribution in [0.25, 0.3) is 22.2 Å². The average molecular weight is 379 g/mol. The predicted octanol–water partition coefficient (Wildman–Crippen LogP) is 5.61. The standard InChI is InChI=1S/C21H15ClN2O3/c1-26-19-10-9-14(11-17(19)22)23-12-18-21(25)27-20(24-18)16-8-4-6-13-5-2-3-7-15(13)16/h2-12,25H,1H3. The number of ether oxygens (including phenoxy) is 1. The molecule has 0 atom stereocenters. The Morgan fingerprint density at radius 1 is 1.11 bits per heavy atom. The predicted molar refractivity (Wildman–Crippen MR) is 106 cm³/mol. The number of benzene rings is 3. The quantitative estimate of drug-likeness (QED) is 0.468. The Labute approximate surface area is 160 Å². The number of hydrogen-bond acceptors (Lipinski definition) is 5. The van der Waals surface area contributed by atoms with Crippen molar-refractivity contribution < 1.29 is 14.3 Å². The average Bonchev–Trinajstić information content (AvgIpc) is 3.06. The Morgan fingerprint density at radius 2 is 1.93 bits per heavy atom. The van der Waals surface area contributed by atoms with Crippen molar-refractivity contribution in [2.75, 3.05) is 7.11 Å². The summed E-state index contributed by atoms with van der Waals surface area (Å²) >= 11 is 6.10. The number of methoxy groups -OCH3 is 1. The Morgan fingerprint density at radius 3 is 2.74 bits per heavy atom. The summed E-state index contributed by atoms with van der Waals surface area (Å²) in [5.41, 5.74) is 1.65. The minimum Gasteiger partial charge on any atom is -0.495 e. The molecule has 27 heavy (non-hydrogen) atoms. The molecular weight excluding hydrogens is 364 g/mol. The maximum absolute atomic E-state index is 10.1. The van der Waals surface area contributed by atoms with E-state index in [1.54, 1.807) is 25.3 Å². The third kappa shape index (κ3) is 3.37. The van der Waals surface area contributed by atoms with Gasteiger partial charge in [-0.2, -0.15) is 0 Å². The summed E-state index contributed by atoms with van der Waals surface area (Å²) < 4.78 is 10.6. The lowest BCUT2D eigenvalue weighted by Gasteiger charge is -2.02. The van der Waals surface area contributed by atoms with Gasteiger partial charge in [-0.25, -0.2) is 4.98 Å². The maximum atomic E-state index is 10.1. The molecule has 134 valence electrons. The highest BCUT2D eigenvalue weighted by molar-refractivity contribution is 6.32. The molecule has 4 aromatic rings. The molecular formula is C21H15ClN2O3. The van der Waals surface area contributed by atoms with Crippen molar-refractivity contribution in [1.82, 2.24) is 4.98 Å². The molecule has 1 N–H and O–H groups in total. The van der Waals surface area contributed by atoms with E-state index >= 15 is 0 Å². The number of nitrogens with zero attached hydrogens (tertiary/aromatic N) is 2. The molecule has 4 rings (SSSR count). The molecule has 3 aromatic carbocycles. The van der Waals surface area contributed by atoms with Crippen LogP contribution in [0.3, 0.4) is 0 Å². The van der Waals surface area contributed by atoms with Gasteiger partial charge in [-0.15, -0.1) is 0 Å². The number of aromatic hydroxyl groups is 1. The normalized spacial score (nSPS) is 11.3. The van der Waals surface area contributed by atoms with E-state index in [4.69, 9.17) is 20.8 Å². The van der Waals surface area contributed by atoms with Crippen LogP contribution >= 0.6 is 11.6 Å². The molecule has 0 amide bonds. The summed E-state index contributed by atoms with van der Waals surface area (Å²) in [5, 5.41) is 12.6. The largest absolute Gasteiger partial charge is 0.495 e. The maximum Gasteiger partial charge on any atom is 0.312 e. The second-order valence-corrected chi connectivity index (χ2v) is 6.22. The monoisotopic (exact) mass is 378 g/mol. The van der Waals surface area contributed by atoms with E-state index in [1.807, 2.05) is 42.5 Å². The highest BCUT2D eigenvalue weighted by Gasteiger charge is 2.14. The second kappa shape index (κ2) is 7.13. The number of oxazole rings is 1. The molecule has 0 aliphatic rings. The molecule has 0 spiro atoms. The van der Waals surface area contributed by atoms with Crippen LogP contribution in [0.4, 0.5) is 5.69 Å². The van der Waals surface area contributed by atoms with Crippen molar-refractivity contribution in [3.8, 4) is 23.1 Å². The van der Waals surface area contributed by atoms with Crippen LogP contribution in [-0.2, 0) is 0 Å². The van der Waals surface area contributed by atoms with Gasteiger partial charge < -0.3 is 14.3 Å². The minimum atomic E-state index is -0.290. The number of fused-ring (bicyclic) bond motifs is 1. The van der Waals surface area contributed by atoms with Gasteiger partial charge in [0.15, 0.2) is 5.69 Å². The van der Waals surface area contributed by atoms with E-state index in [2.05, 4.69) is 9.98 Å². The van der Waals surface area contributed by atoms with E-state index in [1.165, 1.54) is 6.21 Å². The Balaban J connectivity index is 1.68. The fourth-order valence-electron chi connectivity index (χ4n) is 2.81. The van der Waals surface area contributed by atoms with E-state index in [0.717, 1.165) is 16.3 Å². The van der Waals surface area contributed by atoms with Gasteiger partial charge in [-0.3, -0.25) is 4.99 Å². The van der Waals surface area contributed by atoms with Gasteiger partial charge in [0.1, 0.15) is 5.75 Å². The fourth-order valence-corrected chi connectivity index (χ4v) is 3.06. The van der Waals surface area contributed by atoms with Crippen LogP contribution < -0.4 is 4.74 Å². The molecule has 0 saturated heterocycles. The molecule has 1 heterocycles. The lowest BCUT2D eigenvalue weighted by Crippen LogP contribution is -1.85. The first-order valence-electron chi connectivity index (χ1n) is 8.21. The molecule has 0 bridgehead atoms. The zero-order valence-corrected chi connectivity index (χ0v) is 15.1. The van der Waals surface area contributed by atoms with Crippen LogP contribution in [0.2, 0.25) is 5.02 Å². The van der Waals surface area contributed by atoms with Crippen LogP contribution in [0.15, 0.2) is 70.1 Å². The minimum absolute atomic E-state index is 0.241. The smallest absolute Gasteiger partial charge is 0.312 e. The molecule has 0 aliphatic heterocycles. The number of rotatable bonds is 4. The zero-order valence-electron chi connectivity index (χ0n) is 14.4. The number of aliphatic imine (C=N–C) groups is 1. The summed E-state index contributed by atoms with van der Waals surface area (Å²) in [6, 6.07) is 18.9. The lowest BCUT2D eigenvalue weighted by molar-refractivity contribution is 0.337. The van der Waals surface area contributed by atoms with Gasteiger partial charge in [-0.1, -0.05) is 48.0 Å². The Bertz CT molecular complexity index is 1150. The lowest BCUT2D eigenvalue weighted by atomic mass is 10.0. The summed E-state index contributed by atoms with van der Waals surface area (Å²) in [6.07, 6.45) is 1.44. The van der Waals surface area contributed by atoms with Gasteiger partial charge in [0, 0.05) is 5.56 Å². The van der Waals surface area contributed by atoms with Gasteiger partial charge in [0.2, 0.25) is 5.89 Å². The summed E-state index contributed by atoms with van der Waals surface area (Å²) in [5.74, 6) is 0.609. The van der Waals surface area contributed by atoms with Gasteiger partial charge in [0.25, 0.3) is 0 Å². The topological polar surface area (TPSA) is 67.9 Å².